The van der Waals surface area contributed by atoms with E-state index in [2.05, 4.69) is 15.6 Å². The number of aliphatic hydroxyl groups excluding tert-OH is 1. The Kier molecular flexibility index (Phi) is 5.05. The van der Waals surface area contributed by atoms with E-state index in [1.54, 1.807) is 30.5 Å². The zero-order valence-corrected chi connectivity index (χ0v) is 11.2. The van der Waals surface area contributed by atoms with Crippen LogP contribution >= 0.6 is 0 Å². The van der Waals surface area contributed by atoms with Gasteiger partial charge in [-0.25, -0.2) is 0 Å². The minimum atomic E-state index is -0.818. The number of hydrogen-bond donors (Lipinski definition) is 3. The van der Waals surface area contributed by atoms with Gasteiger partial charge in [-0.1, -0.05) is 0 Å². The molecular formula is C14H15N3O4. The highest BCUT2D eigenvalue weighted by molar-refractivity contribution is 6.39. The van der Waals surface area contributed by atoms with Crippen molar-refractivity contribution in [2.45, 2.75) is 12.5 Å². The molecule has 0 radical (unpaired) electrons. The predicted octanol–water partition coefficient (Wildman–Crippen LogP) is 0.853. The SMILES string of the molecule is O=C(NCC[C@@H](O)c1ccco1)C(=O)Nc1cccnc1. The lowest BCUT2D eigenvalue weighted by Gasteiger charge is -2.09. The highest BCUT2D eigenvalue weighted by atomic mass is 16.4. The van der Waals surface area contributed by atoms with Crippen molar-refractivity contribution in [3.05, 3.63) is 48.7 Å². The third kappa shape index (κ3) is 4.43. The lowest BCUT2D eigenvalue weighted by Crippen LogP contribution is -2.36. The van der Waals surface area contributed by atoms with Gasteiger partial charge in [0, 0.05) is 12.7 Å². The van der Waals surface area contributed by atoms with Crippen LogP contribution in [0.15, 0.2) is 47.3 Å². The largest absolute Gasteiger partial charge is 0.467 e. The van der Waals surface area contributed by atoms with Gasteiger partial charge in [-0.3, -0.25) is 14.6 Å². The number of carbonyl (C=O) groups excluding carboxylic acids is 2. The number of aromatic nitrogens is 1. The summed E-state index contributed by atoms with van der Waals surface area (Å²) in [6, 6.07) is 6.58. The number of rotatable bonds is 5. The summed E-state index contributed by atoms with van der Waals surface area (Å²) < 4.78 is 5.03. The first-order chi connectivity index (χ1) is 10.2. The zero-order valence-electron chi connectivity index (χ0n) is 11.2. The van der Waals surface area contributed by atoms with Crippen LogP contribution in [-0.2, 0) is 9.59 Å². The molecule has 0 spiro atoms. The van der Waals surface area contributed by atoms with E-state index in [0.29, 0.717) is 11.4 Å². The second-order valence-electron chi connectivity index (χ2n) is 4.27. The molecule has 0 bridgehead atoms. The molecule has 2 aromatic rings. The van der Waals surface area contributed by atoms with Gasteiger partial charge in [0.05, 0.1) is 18.1 Å². The monoisotopic (exact) mass is 289 g/mol. The van der Waals surface area contributed by atoms with Crippen LogP contribution in [0.25, 0.3) is 0 Å². The number of amides is 2. The molecule has 21 heavy (non-hydrogen) atoms. The summed E-state index contributed by atoms with van der Waals surface area (Å²) in [6.07, 6.45) is 3.89. The molecule has 0 aromatic carbocycles. The fraction of sp³-hybridized carbons (Fsp3) is 0.214. The summed E-state index contributed by atoms with van der Waals surface area (Å²) in [5.74, 6) is -1.13. The first-order valence-electron chi connectivity index (χ1n) is 6.37. The first-order valence-corrected chi connectivity index (χ1v) is 6.37. The molecule has 2 rings (SSSR count). The maximum Gasteiger partial charge on any atom is 0.313 e. The Bertz CT molecular complexity index is 584. The number of anilines is 1. The second-order valence-corrected chi connectivity index (χ2v) is 4.27. The third-order valence-corrected chi connectivity index (χ3v) is 2.70. The lowest BCUT2D eigenvalue weighted by molar-refractivity contribution is -0.136. The van der Waals surface area contributed by atoms with Gasteiger partial charge < -0.3 is 20.2 Å². The maximum atomic E-state index is 11.6. The van der Waals surface area contributed by atoms with Crippen LogP contribution in [0, 0.1) is 0 Å². The van der Waals surface area contributed by atoms with E-state index in [4.69, 9.17) is 4.42 Å². The van der Waals surface area contributed by atoms with E-state index in [1.807, 2.05) is 0 Å². The van der Waals surface area contributed by atoms with E-state index >= 15 is 0 Å². The molecule has 1 atom stereocenters. The Balaban J connectivity index is 1.73. The summed E-state index contributed by atoms with van der Waals surface area (Å²) in [5, 5.41) is 14.6. The van der Waals surface area contributed by atoms with Gasteiger partial charge in [-0.15, -0.1) is 0 Å². The van der Waals surface area contributed by atoms with Crippen LogP contribution in [-0.4, -0.2) is 28.4 Å². The van der Waals surface area contributed by atoms with Crippen LogP contribution in [0.4, 0.5) is 5.69 Å². The van der Waals surface area contributed by atoms with Gasteiger partial charge in [0.15, 0.2) is 0 Å². The molecule has 2 heterocycles. The molecule has 0 saturated carbocycles. The molecule has 7 heteroatoms. The highest BCUT2D eigenvalue weighted by Gasteiger charge is 2.15. The van der Waals surface area contributed by atoms with E-state index in [-0.39, 0.29) is 13.0 Å². The Morgan fingerprint density at radius 1 is 1.29 bits per heavy atom. The number of pyridine rings is 1. The summed E-state index contributed by atoms with van der Waals surface area (Å²) in [7, 11) is 0. The predicted molar refractivity (Wildman–Crippen MR) is 74.2 cm³/mol. The van der Waals surface area contributed by atoms with Crippen molar-refractivity contribution < 1.29 is 19.1 Å². The van der Waals surface area contributed by atoms with Gasteiger partial charge in [0.1, 0.15) is 11.9 Å². The molecular weight excluding hydrogens is 274 g/mol. The van der Waals surface area contributed by atoms with Crippen LogP contribution in [0.5, 0.6) is 0 Å². The summed E-state index contributed by atoms with van der Waals surface area (Å²) in [6.45, 7) is 0.154. The van der Waals surface area contributed by atoms with Crippen LogP contribution in [0.2, 0.25) is 0 Å². The Morgan fingerprint density at radius 3 is 2.81 bits per heavy atom. The molecule has 0 unspecified atom stereocenters. The maximum absolute atomic E-state index is 11.6. The molecule has 0 aliphatic carbocycles. The average Bonchev–Trinajstić information content (AvgIpc) is 3.02. The third-order valence-electron chi connectivity index (χ3n) is 2.70. The zero-order chi connectivity index (χ0) is 15.1. The quantitative estimate of drug-likeness (QED) is 0.708. The van der Waals surface area contributed by atoms with Crippen LogP contribution in [0.1, 0.15) is 18.3 Å². The molecule has 0 saturated heterocycles. The van der Waals surface area contributed by atoms with Crippen molar-refractivity contribution in [3.63, 3.8) is 0 Å². The molecule has 0 aliphatic heterocycles. The minimum Gasteiger partial charge on any atom is -0.467 e. The van der Waals surface area contributed by atoms with Crippen molar-refractivity contribution in [2.24, 2.45) is 0 Å². The molecule has 2 amide bonds. The summed E-state index contributed by atoms with van der Waals surface area (Å²) >= 11 is 0. The molecule has 0 fully saturated rings. The normalized spacial score (nSPS) is 11.7. The second kappa shape index (κ2) is 7.20. The van der Waals surface area contributed by atoms with E-state index in [0.717, 1.165) is 0 Å². The average molecular weight is 289 g/mol. The Hall–Kier alpha value is -2.67. The van der Waals surface area contributed by atoms with Gasteiger partial charge in [0.2, 0.25) is 0 Å². The van der Waals surface area contributed by atoms with Crippen molar-refractivity contribution in [1.29, 1.82) is 0 Å². The number of aliphatic hydroxyl groups is 1. The van der Waals surface area contributed by atoms with Crippen molar-refractivity contribution in [2.75, 3.05) is 11.9 Å². The fourth-order valence-electron chi connectivity index (χ4n) is 1.65. The van der Waals surface area contributed by atoms with E-state index in [1.165, 1.54) is 12.5 Å². The Morgan fingerprint density at radius 2 is 2.14 bits per heavy atom. The molecule has 7 nitrogen and oxygen atoms in total. The lowest BCUT2D eigenvalue weighted by atomic mass is 10.2. The molecule has 0 aliphatic rings. The topological polar surface area (TPSA) is 104 Å². The van der Waals surface area contributed by atoms with Gasteiger partial charge >= 0.3 is 11.8 Å². The number of hydrogen-bond acceptors (Lipinski definition) is 5. The van der Waals surface area contributed by atoms with Crippen molar-refractivity contribution in [3.8, 4) is 0 Å². The van der Waals surface area contributed by atoms with Gasteiger partial charge in [-0.2, -0.15) is 0 Å². The smallest absolute Gasteiger partial charge is 0.313 e. The first kappa shape index (κ1) is 14.7. The number of nitrogens with zero attached hydrogens (tertiary/aromatic N) is 1. The summed E-state index contributed by atoms with van der Waals surface area (Å²) in [5.41, 5.74) is 0.438. The number of nitrogens with one attached hydrogen (secondary N) is 2. The minimum absolute atomic E-state index is 0.154. The Labute approximate surface area is 121 Å². The molecule has 3 N–H and O–H groups in total. The van der Waals surface area contributed by atoms with Crippen molar-refractivity contribution in [1.82, 2.24) is 10.3 Å². The van der Waals surface area contributed by atoms with E-state index < -0.39 is 17.9 Å². The van der Waals surface area contributed by atoms with Gasteiger partial charge in [0.25, 0.3) is 0 Å². The number of furan rings is 1. The van der Waals surface area contributed by atoms with Crippen LogP contribution < -0.4 is 10.6 Å². The van der Waals surface area contributed by atoms with Gasteiger partial charge in [-0.05, 0) is 30.7 Å². The highest BCUT2D eigenvalue weighted by Crippen LogP contribution is 2.15. The van der Waals surface area contributed by atoms with E-state index in [9.17, 15) is 14.7 Å². The summed E-state index contributed by atoms with van der Waals surface area (Å²) in [4.78, 5) is 27.0. The molecule has 2 aromatic heterocycles. The standard InChI is InChI=1S/C14H15N3O4/c18-11(12-4-2-8-21-12)5-7-16-13(19)14(20)17-10-3-1-6-15-9-10/h1-4,6,8-9,11,18H,5,7H2,(H,16,19)(H,17,20)/t11-/m1/s1. The van der Waals surface area contributed by atoms with Crippen LogP contribution in [0.3, 0.4) is 0 Å². The fourth-order valence-corrected chi connectivity index (χ4v) is 1.65. The van der Waals surface area contributed by atoms with Crippen molar-refractivity contribution >= 4 is 17.5 Å². The number of carbonyl (C=O) groups is 2. The molecule has 110 valence electrons.